The minimum atomic E-state index is -3.60. The normalized spacial score (nSPS) is 21.9. The zero-order chi connectivity index (χ0) is 22.6. The molecule has 0 radical (unpaired) electrons. The van der Waals surface area contributed by atoms with Gasteiger partial charge in [-0.05, 0) is 49.3 Å². The average Bonchev–Trinajstić information content (AvgIpc) is 3.52. The molecule has 10 heteroatoms. The summed E-state index contributed by atoms with van der Waals surface area (Å²) in [5.41, 5.74) is 0.790. The summed E-state index contributed by atoms with van der Waals surface area (Å²) < 4.78 is 32.9. The number of carbonyl (C=O) groups is 2. The van der Waals surface area contributed by atoms with E-state index in [0.29, 0.717) is 43.8 Å². The fourth-order valence-corrected chi connectivity index (χ4v) is 6.71. The lowest BCUT2D eigenvalue weighted by molar-refractivity contribution is -0.120. The van der Waals surface area contributed by atoms with Gasteiger partial charge in [0.1, 0.15) is 4.21 Å². The number of hydrogen-bond donors (Lipinski definition) is 2. The van der Waals surface area contributed by atoms with Crippen LogP contribution in [-0.4, -0.2) is 56.9 Å². The third-order valence-electron chi connectivity index (χ3n) is 5.79. The summed E-state index contributed by atoms with van der Waals surface area (Å²) in [5, 5.41) is 7.45. The summed E-state index contributed by atoms with van der Waals surface area (Å²) in [7, 11) is -3.60. The van der Waals surface area contributed by atoms with Crippen molar-refractivity contribution in [3.63, 3.8) is 0 Å². The lowest BCUT2D eigenvalue weighted by Gasteiger charge is -2.31. The molecule has 0 bridgehead atoms. The maximum atomic E-state index is 13.0. The number of nitrogens with zero attached hydrogens (tertiary/aromatic N) is 1. The standard InChI is InChI=1S/C22H27N3O5S2/c26-21(16-6-3-11-25(15-16)32(28,29)20-10-5-13-31-20)24-19-9-2-1-8-18(19)22(27)23-14-17-7-4-12-30-17/h1-2,5,8-10,13,16-17H,3-4,6-7,11-12,14-15H2,(H,23,27)(H,24,26)/t16-,17-/m1/s1. The summed E-state index contributed by atoms with van der Waals surface area (Å²) in [6.07, 6.45) is 3.14. The molecule has 0 unspecified atom stereocenters. The highest BCUT2D eigenvalue weighted by molar-refractivity contribution is 7.91. The molecule has 2 aromatic rings. The number of rotatable bonds is 7. The third kappa shape index (κ3) is 5.20. The first-order valence-corrected chi connectivity index (χ1v) is 13.1. The second kappa shape index (κ2) is 10.1. The van der Waals surface area contributed by atoms with Gasteiger partial charge in [0.05, 0.1) is 23.3 Å². The van der Waals surface area contributed by atoms with Crippen molar-refractivity contribution >= 4 is 38.9 Å². The molecular formula is C22H27N3O5S2. The fourth-order valence-electron chi connectivity index (χ4n) is 4.04. The van der Waals surface area contributed by atoms with E-state index < -0.39 is 15.9 Å². The van der Waals surface area contributed by atoms with Gasteiger partial charge in [0.25, 0.3) is 15.9 Å². The quantitative estimate of drug-likeness (QED) is 0.638. The van der Waals surface area contributed by atoms with Crippen LogP contribution in [0.4, 0.5) is 5.69 Å². The van der Waals surface area contributed by atoms with Crippen molar-refractivity contribution < 1.29 is 22.7 Å². The van der Waals surface area contributed by atoms with Crippen LogP contribution < -0.4 is 10.6 Å². The molecule has 2 N–H and O–H groups in total. The highest BCUT2D eigenvalue weighted by atomic mass is 32.2. The first kappa shape index (κ1) is 22.9. The van der Waals surface area contributed by atoms with Crippen LogP contribution in [0.25, 0.3) is 0 Å². The number of carbonyl (C=O) groups excluding carboxylic acids is 2. The Kier molecular flexibility index (Phi) is 7.24. The molecule has 0 aliphatic carbocycles. The Balaban J connectivity index is 1.41. The van der Waals surface area contributed by atoms with Gasteiger partial charge in [-0.15, -0.1) is 11.3 Å². The number of ether oxygens (including phenoxy) is 1. The largest absolute Gasteiger partial charge is 0.376 e. The van der Waals surface area contributed by atoms with Crippen molar-refractivity contribution in [3.05, 3.63) is 47.3 Å². The second-order valence-electron chi connectivity index (χ2n) is 8.01. The smallest absolute Gasteiger partial charge is 0.253 e. The predicted octanol–water partition coefficient (Wildman–Crippen LogP) is 2.70. The minimum absolute atomic E-state index is 0.0271. The molecule has 2 fully saturated rings. The number of amides is 2. The van der Waals surface area contributed by atoms with E-state index in [1.807, 2.05) is 0 Å². The van der Waals surface area contributed by atoms with Crippen molar-refractivity contribution in [1.29, 1.82) is 0 Å². The fraction of sp³-hybridized carbons (Fsp3) is 0.455. The average molecular weight is 478 g/mol. The highest BCUT2D eigenvalue weighted by Crippen LogP contribution is 2.27. The van der Waals surface area contributed by atoms with E-state index in [0.717, 1.165) is 12.8 Å². The molecule has 2 aliphatic heterocycles. The maximum Gasteiger partial charge on any atom is 0.253 e. The van der Waals surface area contributed by atoms with Crippen molar-refractivity contribution in [3.8, 4) is 0 Å². The summed E-state index contributed by atoms with van der Waals surface area (Å²) in [4.78, 5) is 25.7. The van der Waals surface area contributed by atoms with E-state index >= 15 is 0 Å². The van der Waals surface area contributed by atoms with Crippen LogP contribution in [0, 0.1) is 5.92 Å². The summed E-state index contributed by atoms with van der Waals surface area (Å²) >= 11 is 1.17. The van der Waals surface area contributed by atoms with E-state index in [1.54, 1.807) is 41.8 Å². The van der Waals surface area contributed by atoms with Gasteiger partial charge in [-0.3, -0.25) is 9.59 Å². The van der Waals surface area contributed by atoms with Crippen LogP contribution in [0.2, 0.25) is 0 Å². The Hall–Kier alpha value is -2.27. The Bertz CT molecular complexity index is 1050. The van der Waals surface area contributed by atoms with Crippen LogP contribution in [-0.2, 0) is 19.6 Å². The number of nitrogens with one attached hydrogen (secondary N) is 2. The lowest BCUT2D eigenvalue weighted by atomic mass is 9.98. The van der Waals surface area contributed by atoms with Gasteiger partial charge in [0.15, 0.2) is 0 Å². The maximum absolute atomic E-state index is 13.0. The predicted molar refractivity (Wildman–Crippen MR) is 122 cm³/mol. The molecule has 32 heavy (non-hydrogen) atoms. The van der Waals surface area contributed by atoms with Gasteiger partial charge in [0.2, 0.25) is 5.91 Å². The number of anilines is 1. The molecule has 0 saturated carbocycles. The van der Waals surface area contributed by atoms with Crippen molar-refractivity contribution in [2.75, 3.05) is 31.6 Å². The van der Waals surface area contributed by atoms with Crippen molar-refractivity contribution in [2.45, 2.75) is 36.0 Å². The monoisotopic (exact) mass is 477 g/mol. The third-order valence-corrected chi connectivity index (χ3v) is 9.03. The first-order chi connectivity index (χ1) is 15.4. The van der Waals surface area contributed by atoms with Crippen molar-refractivity contribution in [1.82, 2.24) is 9.62 Å². The minimum Gasteiger partial charge on any atom is -0.376 e. The number of piperidine rings is 1. The van der Waals surface area contributed by atoms with Crippen LogP contribution >= 0.6 is 11.3 Å². The van der Waals surface area contributed by atoms with Crippen LogP contribution in [0.1, 0.15) is 36.0 Å². The summed E-state index contributed by atoms with van der Waals surface area (Å²) in [5.74, 6) is -1.04. The van der Waals surface area contributed by atoms with Gasteiger partial charge in [-0.1, -0.05) is 18.2 Å². The Morgan fingerprint density at radius 1 is 1.12 bits per heavy atom. The van der Waals surface area contributed by atoms with Gasteiger partial charge in [0, 0.05) is 26.2 Å². The van der Waals surface area contributed by atoms with E-state index in [1.165, 1.54) is 15.6 Å². The molecule has 2 amide bonds. The van der Waals surface area contributed by atoms with Gasteiger partial charge >= 0.3 is 0 Å². The molecule has 1 aromatic heterocycles. The second-order valence-corrected chi connectivity index (χ2v) is 11.1. The SMILES string of the molecule is O=C(NC[C@H]1CCCO1)c1ccccc1NC(=O)[C@@H]1CCCN(S(=O)(=O)c2cccs2)C1. The van der Waals surface area contributed by atoms with E-state index in [4.69, 9.17) is 4.74 Å². The van der Waals surface area contributed by atoms with Crippen molar-refractivity contribution in [2.24, 2.45) is 5.92 Å². The number of hydrogen-bond acceptors (Lipinski definition) is 6. The molecule has 2 aliphatic rings. The van der Waals surface area contributed by atoms with Gasteiger partial charge < -0.3 is 15.4 Å². The van der Waals surface area contributed by atoms with Crippen LogP contribution in [0.5, 0.6) is 0 Å². The zero-order valence-electron chi connectivity index (χ0n) is 17.7. The van der Waals surface area contributed by atoms with Gasteiger partial charge in [-0.25, -0.2) is 8.42 Å². The summed E-state index contributed by atoms with van der Waals surface area (Å²) in [6.45, 7) is 1.67. The first-order valence-electron chi connectivity index (χ1n) is 10.8. The summed E-state index contributed by atoms with van der Waals surface area (Å²) in [6, 6.07) is 10.1. The molecule has 2 saturated heterocycles. The van der Waals surface area contributed by atoms with Crippen LogP contribution in [0.3, 0.4) is 0 Å². The zero-order valence-corrected chi connectivity index (χ0v) is 19.3. The van der Waals surface area contributed by atoms with Gasteiger partial charge in [-0.2, -0.15) is 4.31 Å². The van der Waals surface area contributed by atoms with E-state index in [9.17, 15) is 18.0 Å². The van der Waals surface area contributed by atoms with Crippen LogP contribution in [0.15, 0.2) is 46.0 Å². The molecule has 8 nitrogen and oxygen atoms in total. The highest BCUT2D eigenvalue weighted by Gasteiger charge is 2.34. The van der Waals surface area contributed by atoms with E-state index in [2.05, 4.69) is 10.6 Å². The number of benzene rings is 1. The molecule has 172 valence electrons. The topological polar surface area (TPSA) is 105 Å². The lowest BCUT2D eigenvalue weighted by Crippen LogP contribution is -2.43. The Labute approximate surface area is 192 Å². The molecule has 1 aromatic carbocycles. The Morgan fingerprint density at radius 2 is 1.97 bits per heavy atom. The number of sulfonamides is 1. The molecule has 4 rings (SSSR count). The molecular weight excluding hydrogens is 450 g/mol. The molecule has 2 atom stereocenters. The van der Waals surface area contributed by atoms with E-state index in [-0.39, 0.29) is 28.7 Å². The molecule has 3 heterocycles. The molecule has 0 spiro atoms. The number of para-hydroxylation sites is 1. The Morgan fingerprint density at radius 3 is 2.72 bits per heavy atom. The number of thiophene rings is 1.